The summed E-state index contributed by atoms with van der Waals surface area (Å²) in [5, 5.41) is 11.3. The summed E-state index contributed by atoms with van der Waals surface area (Å²) in [6.07, 6.45) is 4.76. The van der Waals surface area contributed by atoms with Crippen molar-refractivity contribution in [3.8, 4) is 0 Å². The molecular weight excluding hydrogens is 374 g/mol. The Morgan fingerprint density at radius 1 is 0.967 bits per heavy atom. The van der Waals surface area contributed by atoms with E-state index in [0.29, 0.717) is 12.1 Å². The molecule has 150 valence electrons. The Kier molecular flexibility index (Phi) is 4.12. The second kappa shape index (κ2) is 7.11. The van der Waals surface area contributed by atoms with Crippen LogP contribution in [0.25, 0.3) is 10.9 Å². The molecule has 0 radical (unpaired) electrons. The zero-order valence-electron chi connectivity index (χ0n) is 16.6. The van der Waals surface area contributed by atoms with Crippen LogP contribution in [0, 0.1) is 0 Å². The fraction of sp³-hybridized carbons (Fsp3) is 0.261. The van der Waals surface area contributed by atoms with E-state index in [2.05, 4.69) is 67.8 Å². The molecule has 2 atom stereocenters. The molecule has 2 aliphatic rings. The highest BCUT2D eigenvalue weighted by molar-refractivity contribution is 5.91. The first-order valence-corrected chi connectivity index (χ1v) is 10.4. The normalized spacial score (nSPS) is 20.9. The van der Waals surface area contributed by atoms with Crippen LogP contribution in [0.2, 0.25) is 0 Å². The van der Waals surface area contributed by atoms with Gasteiger partial charge in [-0.1, -0.05) is 42.5 Å². The SMILES string of the molecule is c1ccc(CN2CC3CC2CN3c2nc(Nc3cn[nH]c3)c3ccccc3n2)cc1. The van der Waals surface area contributed by atoms with Crippen molar-refractivity contribution in [2.75, 3.05) is 23.3 Å². The zero-order valence-corrected chi connectivity index (χ0v) is 16.6. The highest BCUT2D eigenvalue weighted by Gasteiger charge is 2.44. The van der Waals surface area contributed by atoms with E-state index in [1.807, 2.05) is 18.3 Å². The lowest BCUT2D eigenvalue weighted by Crippen LogP contribution is -2.46. The van der Waals surface area contributed by atoms with Gasteiger partial charge in [-0.3, -0.25) is 10.00 Å². The molecule has 6 rings (SSSR count). The summed E-state index contributed by atoms with van der Waals surface area (Å²) < 4.78 is 0. The molecule has 2 aromatic carbocycles. The average Bonchev–Trinajstić information content (AvgIpc) is 3.52. The topological polar surface area (TPSA) is 73.0 Å². The number of para-hydroxylation sites is 1. The molecule has 7 heteroatoms. The number of fused-ring (bicyclic) bond motifs is 3. The van der Waals surface area contributed by atoms with E-state index in [1.54, 1.807) is 6.20 Å². The summed E-state index contributed by atoms with van der Waals surface area (Å²) in [6.45, 7) is 3.04. The Labute approximate surface area is 174 Å². The summed E-state index contributed by atoms with van der Waals surface area (Å²) in [5.41, 5.74) is 3.23. The number of hydrogen-bond donors (Lipinski definition) is 2. The van der Waals surface area contributed by atoms with E-state index in [1.165, 1.54) is 12.0 Å². The maximum absolute atomic E-state index is 4.93. The molecule has 30 heavy (non-hydrogen) atoms. The number of likely N-dealkylation sites (tertiary alicyclic amines) is 1. The van der Waals surface area contributed by atoms with Crippen molar-refractivity contribution in [1.82, 2.24) is 25.1 Å². The van der Waals surface area contributed by atoms with Gasteiger partial charge < -0.3 is 10.2 Å². The van der Waals surface area contributed by atoms with E-state index in [0.717, 1.165) is 48.0 Å². The van der Waals surface area contributed by atoms with E-state index in [9.17, 15) is 0 Å². The third-order valence-electron chi connectivity index (χ3n) is 6.19. The van der Waals surface area contributed by atoms with Crippen LogP contribution in [-0.2, 0) is 6.54 Å². The lowest BCUT2D eigenvalue weighted by Gasteiger charge is -2.34. The summed E-state index contributed by atoms with van der Waals surface area (Å²) >= 11 is 0. The number of rotatable bonds is 5. The minimum Gasteiger partial charge on any atom is -0.337 e. The molecule has 2 aliphatic heterocycles. The summed E-state index contributed by atoms with van der Waals surface area (Å²) in [5.74, 6) is 1.63. The maximum atomic E-state index is 4.93. The van der Waals surface area contributed by atoms with Gasteiger partial charge in [0.15, 0.2) is 0 Å². The second-order valence-electron chi connectivity index (χ2n) is 8.11. The number of H-pyrrole nitrogens is 1. The first-order valence-electron chi connectivity index (χ1n) is 10.4. The van der Waals surface area contributed by atoms with Crippen LogP contribution >= 0.6 is 0 Å². The second-order valence-corrected chi connectivity index (χ2v) is 8.11. The Hall–Kier alpha value is -3.45. The molecule has 2 fully saturated rings. The molecule has 2 saturated heterocycles. The number of nitrogens with zero attached hydrogens (tertiary/aromatic N) is 5. The Morgan fingerprint density at radius 2 is 1.83 bits per heavy atom. The molecule has 2 N–H and O–H groups in total. The van der Waals surface area contributed by atoms with E-state index in [-0.39, 0.29) is 0 Å². The van der Waals surface area contributed by atoms with Crippen molar-refractivity contribution in [2.45, 2.75) is 25.0 Å². The predicted molar refractivity (Wildman–Crippen MR) is 118 cm³/mol. The van der Waals surface area contributed by atoms with Crippen molar-refractivity contribution in [2.24, 2.45) is 0 Å². The number of nitrogens with one attached hydrogen (secondary N) is 2. The molecule has 0 aliphatic carbocycles. The van der Waals surface area contributed by atoms with Crippen LogP contribution in [0.1, 0.15) is 12.0 Å². The molecular formula is C23H23N7. The predicted octanol–water partition coefficient (Wildman–Crippen LogP) is 3.56. The first kappa shape index (κ1) is 17.4. The molecule has 2 aromatic heterocycles. The van der Waals surface area contributed by atoms with Crippen molar-refractivity contribution in [1.29, 1.82) is 0 Å². The van der Waals surface area contributed by atoms with Gasteiger partial charge in [0.05, 0.1) is 17.4 Å². The number of aromatic amines is 1. The molecule has 0 saturated carbocycles. The van der Waals surface area contributed by atoms with Crippen molar-refractivity contribution in [3.05, 3.63) is 72.6 Å². The van der Waals surface area contributed by atoms with Crippen LogP contribution < -0.4 is 10.2 Å². The van der Waals surface area contributed by atoms with Gasteiger partial charge >= 0.3 is 0 Å². The monoisotopic (exact) mass is 397 g/mol. The largest absolute Gasteiger partial charge is 0.337 e. The van der Waals surface area contributed by atoms with Gasteiger partial charge in [-0.05, 0) is 24.1 Å². The van der Waals surface area contributed by atoms with Gasteiger partial charge in [0.25, 0.3) is 0 Å². The highest BCUT2D eigenvalue weighted by atomic mass is 15.4. The third kappa shape index (κ3) is 3.07. The number of anilines is 3. The fourth-order valence-electron chi connectivity index (χ4n) is 4.75. The Morgan fingerprint density at radius 3 is 2.63 bits per heavy atom. The van der Waals surface area contributed by atoms with Gasteiger partial charge in [0.2, 0.25) is 5.95 Å². The highest BCUT2D eigenvalue weighted by Crippen LogP contribution is 2.35. The van der Waals surface area contributed by atoms with E-state index < -0.39 is 0 Å². The van der Waals surface area contributed by atoms with Crippen molar-refractivity contribution >= 4 is 28.4 Å². The lowest BCUT2D eigenvalue weighted by atomic mass is 10.2. The van der Waals surface area contributed by atoms with Crippen molar-refractivity contribution < 1.29 is 0 Å². The molecule has 4 heterocycles. The summed E-state index contributed by atoms with van der Waals surface area (Å²) in [7, 11) is 0. The average molecular weight is 397 g/mol. The summed E-state index contributed by atoms with van der Waals surface area (Å²) in [4.78, 5) is 14.8. The molecule has 4 aromatic rings. The van der Waals surface area contributed by atoms with E-state index >= 15 is 0 Å². The Bertz CT molecular complexity index is 1160. The zero-order chi connectivity index (χ0) is 19.9. The number of piperazine rings is 1. The molecule has 2 unspecified atom stereocenters. The standard InChI is InChI=1S/C23H23N7/c1-2-6-16(7-3-1)13-29-14-19-10-18(29)15-30(19)23-27-21-9-5-4-8-20(21)22(28-23)26-17-11-24-25-12-17/h1-9,11-12,18-19H,10,13-15H2,(H,24,25)(H,26,27,28). The van der Waals surface area contributed by atoms with Crippen LogP contribution in [0.3, 0.4) is 0 Å². The molecule has 0 amide bonds. The first-order chi connectivity index (χ1) is 14.8. The van der Waals surface area contributed by atoms with E-state index in [4.69, 9.17) is 9.97 Å². The van der Waals surface area contributed by atoms with Crippen LogP contribution in [0.15, 0.2) is 67.0 Å². The smallest absolute Gasteiger partial charge is 0.228 e. The number of benzene rings is 2. The summed E-state index contributed by atoms with van der Waals surface area (Å²) in [6, 6.07) is 19.9. The van der Waals surface area contributed by atoms with Crippen LogP contribution in [0.4, 0.5) is 17.5 Å². The van der Waals surface area contributed by atoms with Gasteiger partial charge in [0, 0.05) is 43.3 Å². The molecule has 2 bridgehead atoms. The number of hydrogen-bond acceptors (Lipinski definition) is 6. The van der Waals surface area contributed by atoms with Gasteiger partial charge in [-0.2, -0.15) is 10.1 Å². The van der Waals surface area contributed by atoms with Crippen LogP contribution in [0.5, 0.6) is 0 Å². The minimum absolute atomic E-state index is 0.460. The quantitative estimate of drug-likeness (QED) is 0.536. The van der Waals surface area contributed by atoms with Crippen molar-refractivity contribution in [3.63, 3.8) is 0 Å². The third-order valence-corrected chi connectivity index (χ3v) is 6.19. The molecule has 7 nitrogen and oxygen atoms in total. The lowest BCUT2D eigenvalue weighted by molar-refractivity contribution is 0.229. The fourth-order valence-corrected chi connectivity index (χ4v) is 4.75. The van der Waals surface area contributed by atoms with Gasteiger partial charge in [0.1, 0.15) is 5.82 Å². The molecule has 0 spiro atoms. The van der Waals surface area contributed by atoms with Crippen LogP contribution in [-0.4, -0.2) is 50.2 Å². The number of aromatic nitrogens is 4. The maximum Gasteiger partial charge on any atom is 0.228 e. The minimum atomic E-state index is 0.460. The Balaban J connectivity index is 1.27. The van der Waals surface area contributed by atoms with Gasteiger partial charge in [-0.15, -0.1) is 0 Å². The van der Waals surface area contributed by atoms with Gasteiger partial charge in [-0.25, -0.2) is 4.98 Å².